The van der Waals surface area contributed by atoms with Gasteiger partial charge >= 0.3 is 0 Å². The Morgan fingerprint density at radius 2 is 1.90 bits per heavy atom. The van der Waals surface area contributed by atoms with Crippen molar-refractivity contribution in [2.45, 2.75) is 18.3 Å². The fourth-order valence-electron chi connectivity index (χ4n) is 2.87. The second kappa shape index (κ2) is 5.58. The number of hydrogen-bond donors (Lipinski definition) is 0. The van der Waals surface area contributed by atoms with Crippen LogP contribution in [0, 0.1) is 0 Å². The monoisotopic (exact) mass is 299 g/mol. The molecule has 1 atom stereocenters. The molecule has 108 valence electrons. The van der Waals surface area contributed by atoms with E-state index in [0.29, 0.717) is 5.50 Å². The lowest BCUT2D eigenvalue weighted by Gasteiger charge is -2.32. The standard InChI is InChI=1S/C16H17N3OS/c1-2-6-13(7-3-1)19-12-15(14-8-9-17-20-14)21-16(19)18-10-4-5-11-18/h1-3,6-9,12,16H,4-5,10-11H2. The fraction of sp³-hybridized carbons (Fsp3) is 0.312. The third kappa shape index (κ3) is 2.47. The van der Waals surface area contributed by atoms with Gasteiger partial charge in [-0.2, -0.15) is 0 Å². The van der Waals surface area contributed by atoms with Crippen LogP contribution in [-0.2, 0) is 0 Å². The first-order valence-corrected chi connectivity index (χ1v) is 8.17. The molecule has 0 bridgehead atoms. The largest absolute Gasteiger partial charge is 0.356 e. The molecule has 0 spiro atoms. The van der Waals surface area contributed by atoms with Gasteiger partial charge in [0.1, 0.15) is 5.50 Å². The quantitative estimate of drug-likeness (QED) is 0.864. The highest BCUT2D eigenvalue weighted by molar-refractivity contribution is 8.09. The van der Waals surface area contributed by atoms with E-state index in [1.54, 1.807) is 6.20 Å². The van der Waals surface area contributed by atoms with Crippen molar-refractivity contribution in [3.63, 3.8) is 0 Å². The van der Waals surface area contributed by atoms with Gasteiger partial charge in [-0.25, -0.2) is 0 Å². The average Bonchev–Trinajstić information content (AvgIpc) is 3.27. The van der Waals surface area contributed by atoms with Gasteiger partial charge in [-0.3, -0.25) is 4.90 Å². The van der Waals surface area contributed by atoms with Crippen molar-refractivity contribution < 1.29 is 4.52 Å². The van der Waals surface area contributed by atoms with Crippen LogP contribution in [0.2, 0.25) is 0 Å². The topological polar surface area (TPSA) is 32.5 Å². The molecule has 2 aliphatic rings. The van der Waals surface area contributed by atoms with Crippen molar-refractivity contribution in [2.75, 3.05) is 18.0 Å². The number of aromatic nitrogens is 1. The highest BCUT2D eigenvalue weighted by Gasteiger charge is 2.34. The number of anilines is 1. The Kier molecular flexibility index (Phi) is 3.45. The average molecular weight is 299 g/mol. The van der Waals surface area contributed by atoms with Gasteiger partial charge in [0.05, 0.1) is 11.1 Å². The number of rotatable bonds is 3. The van der Waals surface area contributed by atoms with Crippen LogP contribution in [0.15, 0.2) is 53.3 Å². The molecule has 3 heterocycles. The number of thioether (sulfide) groups is 1. The summed E-state index contributed by atoms with van der Waals surface area (Å²) in [6.45, 7) is 2.33. The minimum absolute atomic E-state index is 0.315. The van der Waals surface area contributed by atoms with E-state index in [9.17, 15) is 0 Å². The van der Waals surface area contributed by atoms with Crippen molar-refractivity contribution in [3.8, 4) is 0 Å². The zero-order chi connectivity index (χ0) is 14.1. The van der Waals surface area contributed by atoms with Gasteiger partial charge in [0.2, 0.25) is 0 Å². The summed E-state index contributed by atoms with van der Waals surface area (Å²) < 4.78 is 5.33. The first kappa shape index (κ1) is 13.0. The molecule has 0 N–H and O–H groups in total. The summed E-state index contributed by atoms with van der Waals surface area (Å²) in [5, 5.41) is 3.83. The molecule has 0 amide bonds. The van der Waals surface area contributed by atoms with Gasteiger partial charge in [-0.15, -0.1) is 0 Å². The molecule has 1 aromatic heterocycles. The Labute approximate surface area is 128 Å². The van der Waals surface area contributed by atoms with Crippen LogP contribution in [-0.4, -0.2) is 28.6 Å². The van der Waals surface area contributed by atoms with Crippen LogP contribution < -0.4 is 4.90 Å². The molecule has 2 aromatic rings. The van der Waals surface area contributed by atoms with Crippen LogP contribution in [0.5, 0.6) is 0 Å². The Hall–Kier alpha value is -1.72. The molecule has 1 saturated heterocycles. The van der Waals surface area contributed by atoms with Gasteiger partial charge in [-0.1, -0.05) is 35.1 Å². The molecule has 21 heavy (non-hydrogen) atoms. The van der Waals surface area contributed by atoms with Crippen LogP contribution in [0.4, 0.5) is 5.69 Å². The summed E-state index contributed by atoms with van der Waals surface area (Å²) in [7, 11) is 0. The lowest BCUT2D eigenvalue weighted by atomic mass is 10.3. The molecular weight excluding hydrogens is 282 g/mol. The second-order valence-electron chi connectivity index (χ2n) is 5.30. The van der Waals surface area contributed by atoms with E-state index in [2.05, 4.69) is 51.5 Å². The van der Waals surface area contributed by atoms with Crippen molar-refractivity contribution in [2.24, 2.45) is 0 Å². The Morgan fingerprint density at radius 1 is 1.10 bits per heavy atom. The van der Waals surface area contributed by atoms with Crippen LogP contribution in [0.1, 0.15) is 18.6 Å². The normalized spacial score (nSPS) is 22.8. The zero-order valence-corrected chi connectivity index (χ0v) is 12.5. The SMILES string of the molecule is C1=C(c2ccno2)SC(N2CCCC2)N1c1ccccc1. The molecule has 4 rings (SSSR count). The molecule has 1 fully saturated rings. The molecule has 0 radical (unpaired) electrons. The Balaban J connectivity index is 1.67. The molecule has 1 aromatic carbocycles. The maximum absolute atomic E-state index is 5.33. The molecule has 0 aliphatic carbocycles. The summed E-state index contributed by atoms with van der Waals surface area (Å²) in [6, 6.07) is 12.5. The van der Waals surface area contributed by atoms with E-state index < -0.39 is 0 Å². The third-order valence-corrected chi connectivity index (χ3v) is 5.21. The summed E-state index contributed by atoms with van der Waals surface area (Å²) in [5.74, 6) is 0.850. The van der Waals surface area contributed by atoms with Gasteiger partial charge in [-0.05, 0) is 25.0 Å². The maximum Gasteiger partial charge on any atom is 0.174 e. The number of benzene rings is 1. The van der Waals surface area contributed by atoms with Crippen molar-refractivity contribution >= 4 is 22.4 Å². The molecule has 0 saturated carbocycles. The van der Waals surface area contributed by atoms with E-state index in [0.717, 1.165) is 10.7 Å². The summed E-state index contributed by atoms with van der Waals surface area (Å²) in [6.07, 6.45) is 6.46. The Morgan fingerprint density at radius 3 is 2.62 bits per heavy atom. The predicted molar refractivity (Wildman–Crippen MR) is 85.6 cm³/mol. The van der Waals surface area contributed by atoms with Gasteiger partial charge < -0.3 is 9.42 Å². The van der Waals surface area contributed by atoms with Gasteiger partial charge in [0.25, 0.3) is 0 Å². The minimum atomic E-state index is 0.315. The highest BCUT2D eigenvalue weighted by Crippen LogP contribution is 2.43. The summed E-state index contributed by atoms with van der Waals surface area (Å²) in [5.41, 5.74) is 1.53. The number of para-hydroxylation sites is 1. The van der Waals surface area contributed by atoms with Gasteiger partial charge in [0, 0.05) is 31.0 Å². The van der Waals surface area contributed by atoms with Crippen LogP contribution >= 0.6 is 11.8 Å². The predicted octanol–water partition coefficient (Wildman–Crippen LogP) is 3.61. The number of likely N-dealkylation sites (tertiary alicyclic amines) is 1. The molecular formula is C16H17N3OS. The third-order valence-electron chi connectivity index (χ3n) is 3.91. The van der Waals surface area contributed by atoms with Crippen molar-refractivity contribution in [3.05, 3.63) is 54.6 Å². The number of nitrogens with zero attached hydrogens (tertiary/aromatic N) is 3. The lowest BCUT2D eigenvalue weighted by Crippen LogP contribution is -2.40. The van der Waals surface area contributed by atoms with E-state index in [1.807, 2.05) is 17.8 Å². The maximum atomic E-state index is 5.33. The van der Waals surface area contributed by atoms with Crippen LogP contribution in [0.3, 0.4) is 0 Å². The minimum Gasteiger partial charge on any atom is -0.356 e. The molecule has 1 unspecified atom stereocenters. The molecule has 5 heteroatoms. The van der Waals surface area contributed by atoms with E-state index in [4.69, 9.17) is 4.52 Å². The van der Waals surface area contributed by atoms with E-state index >= 15 is 0 Å². The van der Waals surface area contributed by atoms with Crippen LogP contribution in [0.25, 0.3) is 4.91 Å². The lowest BCUT2D eigenvalue weighted by molar-refractivity contribution is 0.321. The molecule has 4 nitrogen and oxygen atoms in total. The van der Waals surface area contributed by atoms with Gasteiger partial charge in [0.15, 0.2) is 5.76 Å². The van der Waals surface area contributed by atoms with Crippen molar-refractivity contribution in [1.82, 2.24) is 10.1 Å². The fourth-order valence-corrected chi connectivity index (χ4v) is 4.15. The van der Waals surface area contributed by atoms with Crippen molar-refractivity contribution in [1.29, 1.82) is 0 Å². The first-order valence-electron chi connectivity index (χ1n) is 7.29. The first-order chi connectivity index (χ1) is 10.4. The summed E-state index contributed by atoms with van der Waals surface area (Å²) in [4.78, 5) is 6.03. The number of hydrogen-bond acceptors (Lipinski definition) is 5. The zero-order valence-electron chi connectivity index (χ0n) is 11.7. The smallest absolute Gasteiger partial charge is 0.174 e. The van der Waals surface area contributed by atoms with E-state index in [1.165, 1.54) is 31.6 Å². The summed E-state index contributed by atoms with van der Waals surface area (Å²) >= 11 is 1.85. The second-order valence-corrected chi connectivity index (χ2v) is 6.40. The highest BCUT2D eigenvalue weighted by atomic mass is 32.2. The molecule has 2 aliphatic heterocycles. The Bertz CT molecular complexity index is 620. The van der Waals surface area contributed by atoms with E-state index in [-0.39, 0.29) is 0 Å².